The fourth-order valence-electron chi connectivity index (χ4n) is 7.23. The van der Waals surface area contributed by atoms with E-state index in [0.717, 1.165) is 43.1 Å². The number of ketones is 1. The van der Waals surface area contributed by atoms with Crippen molar-refractivity contribution in [3.05, 3.63) is 71.8 Å². The molecule has 3 fully saturated rings. The van der Waals surface area contributed by atoms with Crippen LogP contribution < -0.4 is 10.1 Å². The second-order valence-electron chi connectivity index (χ2n) is 14.6. The molecular weight excluding hydrogens is 609 g/mol. The highest BCUT2D eigenvalue weighted by molar-refractivity contribution is 5.96. The minimum Gasteiger partial charge on any atom is -0.444 e. The molecule has 3 heterocycles. The number of rotatable bonds is 8. The van der Waals surface area contributed by atoms with Crippen LogP contribution in [0.3, 0.4) is 0 Å². The Labute approximate surface area is 280 Å². The summed E-state index contributed by atoms with van der Waals surface area (Å²) in [5.74, 6) is 1.16. The molecular formula is C38H42FN5O4. The van der Waals surface area contributed by atoms with Crippen molar-refractivity contribution in [3.8, 4) is 22.9 Å². The van der Waals surface area contributed by atoms with Crippen molar-refractivity contribution in [1.29, 1.82) is 0 Å². The fraction of sp³-hybridized carbons (Fsp3) is 0.447. The summed E-state index contributed by atoms with van der Waals surface area (Å²) in [6.45, 7) is 8.65. The van der Waals surface area contributed by atoms with Crippen molar-refractivity contribution in [1.82, 2.24) is 19.9 Å². The number of nitrogens with zero attached hydrogens (tertiary/aromatic N) is 4. The Bertz CT molecular complexity index is 1890. The maximum Gasteiger partial charge on any atom is 0.410 e. The second-order valence-corrected chi connectivity index (χ2v) is 14.6. The first kappa shape index (κ1) is 32.0. The van der Waals surface area contributed by atoms with E-state index < -0.39 is 5.60 Å². The molecule has 250 valence electrons. The summed E-state index contributed by atoms with van der Waals surface area (Å²) >= 11 is 0. The van der Waals surface area contributed by atoms with E-state index in [1.807, 2.05) is 52.0 Å². The van der Waals surface area contributed by atoms with Gasteiger partial charge in [0.2, 0.25) is 11.8 Å². The van der Waals surface area contributed by atoms with Gasteiger partial charge >= 0.3 is 6.09 Å². The van der Waals surface area contributed by atoms with Crippen LogP contribution in [0.5, 0.6) is 11.6 Å². The van der Waals surface area contributed by atoms with Crippen LogP contribution in [0.25, 0.3) is 22.0 Å². The average molecular weight is 652 g/mol. The van der Waals surface area contributed by atoms with E-state index >= 15 is 4.39 Å². The summed E-state index contributed by atoms with van der Waals surface area (Å²) in [5, 5.41) is 4.79. The average Bonchev–Trinajstić information content (AvgIpc) is 3.81. The molecule has 1 saturated heterocycles. The molecule has 2 saturated carbocycles. The van der Waals surface area contributed by atoms with E-state index in [9.17, 15) is 9.59 Å². The number of piperidine rings is 1. The molecule has 0 bridgehead atoms. The highest BCUT2D eigenvalue weighted by atomic mass is 19.1. The molecule has 48 heavy (non-hydrogen) atoms. The van der Waals surface area contributed by atoms with Crippen LogP contribution in [0.2, 0.25) is 0 Å². The molecule has 9 nitrogen and oxygen atoms in total. The molecule has 3 aliphatic rings. The van der Waals surface area contributed by atoms with E-state index in [0.29, 0.717) is 52.9 Å². The molecule has 1 N–H and O–H groups in total. The number of aromatic nitrogens is 3. The van der Waals surface area contributed by atoms with Gasteiger partial charge in [-0.1, -0.05) is 18.6 Å². The Hall–Kier alpha value is -4.60. The lowest BCUT2D eigenvalue weighted by Crippen LogP contribution is -2.47. The zero-order valence-electron chi connectivity index (χ0n) is 28.0. The lowest BCUT2D eigenvalue weighted by atomic mass is 9.78. The number of anilines is 1. The maximum absolute atomic E-state index is 15.3. The predicted molar refractivity (Wildman–Crippen MR) is 182 cm³/mol. The zero-order valence-corrected chi connectivity index (χ0v) is 28.0. The van der Waals surface area contributed by atoms with Crippen molar-refractivity contribution in [2.24, 2.45) is 11.3 Å². The van der Waals surface area contributed by atoms with Crippen LogP contribution in [0.1, 0.15) is 70.4 Å². The first-order chi connectivity index (χ1) is 23.0. The van der Waals surface area contributed by atoms with Crippen molar-refractivity contribution in [2.45, 2.75) is 84.3 Å². The third-order valence-corrected chi connectivity index (χ3v) is 9.99. The Morgan fingerprint density at radius 1 is 1.04 bits per heavy atom. The molecule has 1 unspecified atom stereocenters. The molecule has 2 aliphatic carbocycles. The Morgan fingerprint density at radius 3 is 2.60 bits per heavy atom. The minimum atomic E-state index is -0.560. The Balaban J connectivity index is 1.12. The Morgan fingerprint density at radius 2 is 1.85 bits per heavy atom. The molecule has 1 aliphatic heterocycles. The number of pyridine rings is 1. The van der Waals surface area contributed by atoms with Crippen LogP contribution >= 0.6 is 0 Å². The van der Waals surface area contributed by atoms with Gasteiger partial charge in [0, 0.05) is 54.8 Å². The molecule has 1 spiro atoms. The topological polar surface area (TPSA) is 107 Å². The van der Waals surface area contributed by atoms with Crippen LogP contribution in [0.15, 0.2) is 54.9 Å². The number of Topliss-reactive ketones (excluding diaryl/α,β-unsaturated/α-hetero) is 1. The SMILES string of the molecule is Cc1ccc2c(CC(=O)C3CC34CCC4)c(F)ccc2c1Oc1ncccc1-c1ccnc(N[C@H]2CCCN(C(=O)OC(C)(C)C)C2)n1. The summed E-state index contributed by atoms with van der Waals surface area (Å²) in [7, 11) is 0. The van der Waals surface area contributed by atoms with Gasteiger partial charge in [0.1, 0.15) is 23.0 Å². The van der Waals surface area contributed by atoms with Gasteiger partial charge in [0.05, 0.1) is 11.3 Å². The molecule has 7 rings (SSSR count). The number of benzene rings is 2. The van der Waals surface area contributed by atoms with Crippen molar-refractivity contribution < 1.29 is 23.5 Å². The first-order valence-corrected chi connectivity index (χ1v) is 16.9. The van der Waals surface area contributed by atoms with E-state index in [1.54, 1.807) is 29.4 Å². The standard InChI is InChI=1S/C38H42FN5O4/c1-23-10-11-25-26(12-13-30(39)28(25)20-32(45)29-21-38(29)15-7-16-38)33(23)47-34-27(9-5-17-40-34)31-14-18-41-35(43-31)42-24-8-6-19-44(22-24)36(46)48-37(2,3)4/h5,9-14,17-18,24,29H,6-8,15-16,19-22H2,1-4H3,(H,41,42,43)/t24-,29?/m0/s1. The summed E-state index contributed by atoms with van der Waals surface area (Å²) < 4.78 is 27.4. The smallest absolute Gasteiger partial charge is 0.410 e. The summed E-state index contributed by atoms with van der Waals surface area (Å²) in [4.78, 5) is 41.4. The van der Waals surface area contributed by atoms with Gasteiger partial charge in [-0.25, -0.2) is 24.1 Å². The van der Waals surface area contributed by atoms with E-state index in [1.165, 1.54) is 12.5 Å². The molecule has 2 atom stereocenters. The molecule has 10 heteroatoms. The summed E-state index contributed by atoms with van der Waals surface area (Å²) in [5.41, 5.74) is 2.19. The molecule has 0 radical (unpaired) electrons. The van der Waals surface area contributed by atoms with Gasteiger partial charge in [-0.05, 0) is 106 Å². The number of carbonyl (C=O) groups is 2. The fourth-order valence-corrected chi connectivity index (χ4v) is 7.23. The molecule has 4 aromatic rings. The number of carbonyl (C=O) groups excluding carboxylic acids is 2. The van der Waals surface area contributed by atoms with Crippen molar-refractivity contribution >= 4 is 28.6 Å². The Kier molecular flexibility index (Phi) is 8.29. The second kappa shape index (κ2) is 12.5. The molecule has 2 aromatic heterocycles. The number of aryl methyl sites for hydroxylation is 1. The third kappa shape index (κ3) is 6.44. The normalized spacial score (nSPS) is 19.9. The maximum atomic E-state index is 15.3. The predicted octanol–water partition coefficient (Wildman–Crippen LogP) is 8.04. The third-order valence-electron chi connectivity index (χ3n) is 9.99. The van der Waals surface area contributed by atoms with Crippen molar-refractivity contribution in [2.75, 3.05) is 18.4 Å². The number of hydrogen-bond donors (Lipinski definition) is 1. The number of amides is 1. The minimum absolute atomic E-state index is 0.0369. The van der Waals surface area contributed by atoms with E-state index in [2.05, 4.69) is 15.3 Å². The van der Waals surface area contributed by atoms with Gasteiger partial charge in [0.15, 0.2) is 0 Å². The van der Waals surface area contributed by atoms with Gasteiger partial charge < -0.3 is 19.7 Å². The van der Waals surface area contributed by atoms with Gasteiger partial charge in [-0.2, -0.15) is 0 Å². The monoisotopic (exact) mass is 651 g/mol. The van der Waals surface area contributed by atoms with Gasteiger partial charge in [-0.3, -0.25) is 4.79 Å². The van der Waals surface area contributed by atoms with Crippen LogP contribution in [-0.2, 0) is 16.0 Å². The zero-order chi connectivity index (χ0) is 33.6. The lowest BCUT2D eigenvalue weighted by molar-refractivity contribution is -0.120. The highest BCUT2D eigenvalue weighted by Crippen LogP contribution is 2.66. The number of nitrogens with one attached hydrogen (secondary N) is 1. The number of fused-ring (bicyclic) bond motifs is 1. The van der Waals surface area contributed by atoms with Gasteiger partial charge in [0.25, 0.3) is 0 Å². The first-order valence-electron chi connectivity index (χ1n) is 16.9. The highest BCUT2D eigenvalue weighted by Gasteiger charge is 2.60. The van der Waals surface area contributed by atoms with Gasteiger partial charge in [-0.15, -0.1) is 0 Å². The number of likely N-dealkylation sites (tertiary alicyclic amines) is 1. The van der Waals surface area contributed by atoms with Crippen molar-refractivity contribution in [3.63, 3.8) is 0 Å². The number of halogens is 1. The summed E-state index contributed by atoms with van der Waals surface area (Å²) in [6.07, 6.45) is 9.15. The lowest BCUT2D eigenvalue weighted by Gasteiger charge is -2.34. The quantitative estimate of drug-likeness (QED) is 0.204. The van der Waals surface area contributed by atoms with Crippen LogP contribution in [-0.4, -0.2) is 56.5 Å². The largest absolute Gasteiger partial charge is 0.444 e. The van der Waals surface area contributed by atoms with Crippen LogP contribution in [0.4, 0.5) is 15.1 Å². The van der Waals surface area contributed by atoms with E-state index in [-0.39, 0.29) is 41.5 Å². The summed E-state index contributed by atoms with van der Waals surface area (Å²) in [6, 6.07) is 12.4. The molecule has 2 aromatic carbocycles. The number of ether oxygens (including phenoxy) is 2. The van der Waals surface area contributed by atoms with E-state index in [4.69, 9.17) is 14.5 Å². The molecule has 1 amide bonds. The number of hydrogen-bond acceptors (Lipinski definition) is 8. The van der Waals surface area contributed by atoms with Crippen LogP contribution in [0, 0.1) is 24.1 Å².